The summed E-state index contributed by atoms with van der Waals surface area (Å²) in [5, 5.41) is 8.82. The predicted octanol–water partition coefficient (Wildman–Crippen LogP) is 3.43. The lowest BCUT2D eigenvalue weighted by atomic mass is 10.2. The molecule has 160 valence electrons. The maximum absolute atomic E-state index is 12.3. The Morgan fingerprint density at radius 1 is 1.13 bits per heavy atom. The lowest BCUT2D eigenvalue weighted by Crippen LogP contribution is -2.31. The first-order valence-corrected chi connectivity index (χ1v) is 10.3. The second-order valence-corrected chi connectivity index (χ2v) is 7.49. The molecule has 0 spiro atoms. The van der Waals surface area contributed by atoms with E-state index in [1.165, 1.54) is 0 Å². The van der Waals surface area contributed by atoms with Crippen molar-refractivity contribution >= 4 is 23.2 Å². The zero-order chi connectivity index (χ0) is 21.3. The van der Waals surface area contributed by atoms with Crippen LogP contribution < -0.4 is 20.7 Å². The first-order chi connectivity index (χ1) is 14.5. The van der Waals surface area contributed by atoms with Crippen LogP contribution in [-0.4, -0.2) is 43.7 Å². The maximum Gasteiger partial charge on any atom is 0.251 e. The van der Waals surface area contributed by atoms with Crippen LogP contribution in [0, 0.1) is 0 Å². The predicted molar refractivity (Wildman–Crippen MR) is 117 cm³/mol. The molecule has 0 aliphatic carbocycles. The molecular weight excluding hydrogens is 382 g/mol. The van der Waals surface area contributed by atoms with Gasteiger partial charge in [-0.05, 0) is 63.1 Å². The molecule has 7 heteroatoms. The fourth-order valence-electron chi connectivity index (χ4n) is 3.16. The van der Waals surface area contributed by atoms with Crippen LogP contribution in [0.3, 0.4) is 0 Å². The molecule has 0 aromatic heterocycles. The first-order valence-electron chi connectivity index (χ1n) is 10.3. The van der Waals surface area contributed by atoms with Crippen molar-refractivity contribution in [3.8, 4) is 5.75 Å². The van der Waals surface area contributed by atoms with Crippen LogP contribution in [0.25, 0.3) is 0 Å². The summed E-state index contributed by atoms with van der Waals surface area (Å²) in [5.74, 6) is 0.323. The Balaban J connectivity index is 1.46. The number of para-hydroxylation sites is 2. The van der Waals surface area contributed by atoms with Crippen molar-refractivity contribution in [1.29, 1.82) is 0 Å². The number of ether oxygens (including phenoxy) is 2. The SMILES string of the molecule is CC(C)Oc1ccccc1NC(=O)CNc1ccc(C(=O)NCC2CCCO2)cc1. The van der Waals surface area contributed by atoms with Gasteiger partial charge in [-0.25, -0.2) is 0 Å². The molecule has 1 atom stereocenters. The Hall–Kier alpha value is -3.06. The standard InChI is InChI=1S/C23H29N3O4/c1-16(2)30-21-8-4-3-7-20(21)26-22(27)15-24-18-11-9-17(10-12-18)23(28)25-14-19-6-5-13-29-19/h3-4,7-12,16,19,24H,5-6,13-15H2,1-2H3,(H,25,28)(H,26,27). The van der Waals surface area contributed by atoms with Crippen LogP contribution in [-0.2, 0) is 9.53 Å². The average molecular weight is 412 g/mol. The molecule has 1 heterocycles. The van der Waals surface area contributed by atoms with Crippen LogP contribution in [0.2, 0.25) is 0 Å². The molecule has 1 unspecified atom stereocenters. The van der Waals surface area contributed by atoms with E-state index in [0.29, 0.717) is 23.5 Å². The second-order valence-electron chi connectivity index (χ2n) is 7.49. The van der Waals surface area contributed by atoms with Gasteiger partial charge in [-0.3, -0.25) is 9.59 Å². The van der Waals surface area contributed by atoms with Crippen molar-refractivity contribution in [1.82, 2.24) is 5.32 Å². The summed E-state index contributed by atoms with van der Waals surface area (Å²) in [6, 6.07) is 14.4. The van der Waals surface area contributed by atoms with Gasteiger partial charge in [0, 0.05) is 24.4 Å². The molecule has 2 aromatic rings. The topological polar surface area (TPSA) is 88.7 Å². The van der Waals surface area contributed by atoms with E-state index in [1.807, 2.05) is 32.0 Å². The number of carbonyl (C=O) groups is 2. The molecule has 7 nitrogen and oxygen atoms in total. The molecule has 30 heavy (non-hydrogen) atoms. The molecule has 1 aliphatic heterocycles. The molecule has 3 rings (SSSR count). The molecular formula is C23H29N3O4. The number of rotatable bonds is 9. The van der Waals surface area contributed by atoms with Crippen molar-refractivity contribution in [3.05, 3.63) is 54.1 Å². The highest BCUT2D eigenvalue weighted by Crippen LogP contribution is 2.24. The van der Waals surface area contributed by atoms with E-state index < -0.39 is 0 Å². The minimum atomic E-state index is -0.187. The third-order valence-corrected chi connectivity index (χ3v) is 4.64. The van der Waals surface area contributed by atoms with Crippen LogP contribution in [0.5, 0.6) is 5.75 Å². The molecule has 1 aliphatic rings. The molecule has 2 amide bonds. The summed E-state index contributed by atoms with van der Waals surface area (Å²) >= 11 is 0. The minimum Gasteiger partial charge on any atom is -0.489 e. The van der Waals surface area contributed by atoms with Crippen LogP contribution in [0.4, 0.5) is 11.4 Å². The van der Waals surface area contributed by atoms with Crippen molar-refractivity contribution in [2.45, 2.75) is 38.9 Å². The number of amides is 2. The fourth-order valence-corrected chi connectivity index (χ4v) is 3.16. The van der Waals surface area contributed by atoms with Crippen LogP contribution in [0.1, 0.15) is 37.0 Å². The summed E-state index contributed by atoms with van der Waals surface area (Å²) in [5.41, 5.74) is 1.96. The fraction of sp³-hybridized carbons (Fsp3) is 0.391. The van der Waals surface area contributed by atoms with Gasteiger partial charge in [-0.1, -0.05) is 12.1 Å². The van der Waals surface area contributed by atoms with Crippen molar-refractivity contribution < 1.29 is 19.1 Å². The lowest BCUT2D eigenvalue weighted by molar-refractivity contribution is -0.114. The summed E-state index contributed by atoms with van der Waals surface area (Å²) in [4.78, 5) is 24.5. The Kier molecular flexibility index (Phi) is 7.68. The highest BCUT2D eigenvalue weighted by molar-refractivity contribution is 5.96. The highest BCUT2D eigenvalue weighted by atomic mass is 16.5. The number of hydrogen-bond acceptors (Lipinski definition) is 5. The third-order valence-electron chi connectivity index (χ3n) is 4.64. The summed E-state index contributed by atoms with van der Waals surface area (Å²) in [6.45, 7) is 5.27. The zero-order valence-electron chi connectivity index (χ0n) is 17.4. The lowest BCUT2D eigenvalue weighted by Gasteiger charge is -2.15. The van der Waals surface area contributed by atoms with E-state index in [4.69, 9.17) is 9.47 Å². The van der Waals surface area contributed by atoms with E-state index in [2.05, 4.69) is 16.0 Å². The molecule has 0 saturated carbocycles. The second kappa shape index (κ2) is 10.6. The van der Waals surface area contributed by atoms with Crippen LogP contribution in [0.15, 0.2) is 48.5 Å². The molecule has 2 aromatic carbocycles. The van der Waals surface area contributed by atoms with E-state index >= 15 is 0 Å². The van der Waals surface area contributed by atoms with Gasteiger partial charge in [0.1, 0.15) is 5.75 Å². The number of anilines is 2. The third kappa shape index (κ3) is 6.49. The van der Waals surface area contributed by atoms with Crippen molar-refractivity contribution in [2.75, 3.05) is 30.3 Å². The quantitative estimate of drug-likeness (QED) is 0.588. The van der Waals surface area contributed by atoms with Gasteiger partial charge < -0.3 is 25.4 Å². The van der Waals surface area contributed by atoms with E-state index in [0.717, 1.165) is 25.1 Å². The van der Waals surface area contributed by atoms with Gasteiger partial charge in [0.25, 0.3) is 5.91 Å². The Bertz CT molecular complexity index is 846. The smallest absolute Gasteiger partial charge is 0.251 e. The van der Waals surface area contributed by atoms with Crippen molar-refractivity contribution in [3.63, 3.8) is 0 Å². The van der Waals surface area contributed by atoms with E-state index in [1.54, 1.807) is 30.3 Å². The van der Waals surface area contributed by atoms with Gasteiger partial charge in [0.15, 0.2) is 0 Å². The number of benzene rings is 2. The van der Waals surface area contributed by atoms with Gasteiger partial charge >= 0.3 is 0 Å². The van der Waals surface area contributed by atoms with E-state index in [-0.39, 0.29) is 30.6 Å². The monoisotopic (exact) mass is 411 g/mol. The molecule has 1 fully saturated rings. The molecule has 1 saturated heterocycles. The molecule has 3 N–H and O–H groups in total. The summed E-state index contributed by atoms with van der Waals surface area (Å²) in [7, 11) is 0. The normalized spacial score (nSPS) is 15.6. The van der Waals surface area contributed by atoms with Gasteiger partial charge in [-0.2, -0.15) is 0 Å². The average Bonchev–Trinajstić information content (AvgIpc) is 3.26. The van der Waals surface area contributed by atoms with Crippen molar-refractivity contribution in [2.24, 2.45) is 0 Å². The Labute approximate surface area is 177 Å². The zero-order valence-corrected chi connectivity index (χ0v) is 17.4. The van der Waals surface area contributed by atoms with Crippen LogP contribution >= 0.6 is 0 Å². The minimum absolute atomic E-state index is 0.0163. The molecule has 0 bridgehead atoms. The summed E-state index contributed by atoms with van der Waals surface area (Å²) in [6.07, 6.45) is 2.16. The van der Waals surface area contributed by atoms with E-state index in [9.17, 15) is 9.59 Å². The Morgan fingerprint density at radius 3 is 2.60 bits per heavy atom. The highest BCUT2D eigenvalue weighted by Gasteiger charge is 2.16. The van der Waals surface area contributed by atoms with Gasteiger partial charge in [0.05, 0.1) is 24.4 Å². The largest absolute Gasteiger partial charge is 0.489 e. The maximum atomic E-state index is 12.3. The molecule has 0 radical (unpaired) electrons. The number of hydrogen-bond donors (Lipinski definition) is 3. The number of carbonyl (C=O) groups excluding carboxylic acids is 2. The van der Waals surface area contributed by atoms with Gasteiger partial charge in [-0.15, -0.1) is 0 Å². The summed E-state index contributed by atoms with van der Waals surface area (Å²) < 4.78 is 11.2. The number of nitrogens with one attached hydrogen (secondary N) is 3. The Morgan fingerprint density at radius 2 is 1.90 bits per heavy atom. The van der Waals surface area contributed by atoms with Gasteiger partial charge in [0.2, 0.25) is 5.91 Å². The first kappa shape index (κ1) is 21.6.